The lowest BCUT2D eigenvalue weighted by Crippen LogP contribution is -2.51. The van der Waals surface area contributed by atoms with E-state index in [4.69, 9.17) is 0 Å². The molecule has 6 nitrogen and oxygen atoms in total. The summed E-state index contributed by atoms with van der Waals surface area (Å²) in [5.74, 6) is 0.0290. The maximum atomic E-state index is 12.9. The molecule has 2 unspecified atom stereocenters. The number of nitrogens with zero attached hydrogens (tertiary/aromatic N) is 3. The van der Waals surface area contributed by atoms with Gasteiger partial charge in [-0.2, -0.15) is 0 Å². The summed E-state index contributed by atoms with van der Waals surface area (Å²) in [5.41, 5.74) is 1.23. The highest BCUT2D eigenvalue weighted by atomic mass is 16.2. The first-order chi connectivity index (χ1) is 12.2. The molecule has 2 atom stereocenters. The maximum absolute atomic E-state index is 12.9. The van der Waals surface area contributed by atoms with Crippen LogP contribution in [0.15, 0.2) is 24.3 Å². The van der Waals surface area contributed by atoms with Gasteiger partial charge in [-0.05, 0) is 37.8 Å². The first kappa shape index (κ1) is 16.4. The predicted molar refractivity (Wildman–Crippen MR) is 96.8 cm³/mol. The minimum Gasteiger partial charge on any atom is -0.339 e. The van der Waals surface area contributed by atoms with E-state index in [9.17, 15) is 9.59 Å². The molecule has 134 valence electrons. The van der Waals surface area contributed by atoms with Crippen LogP contribution in [0, 0.1) is 0 Å². The van der Waals surface area contributed by atoms with Gasteiger partial charge in [0.1, 0.15) is 0 Å². The molecule has 0 radical (unpaired) electrons. The average Bonchev–Trinajstić information content (AvgIpc) is 3.03. The molecule has 3 aliphatic heterocycles. The van der Waals surface area contributed by atoms with Crippen molar-refractivity contribution in [2.45, 2.75) is 31.7 Å². The highest BCUT2D eigenvalue weighted by molar-refractivity contribution is 6.03. The number of hydrogen-bond acceptors (Lipinski definition) is 3. The van der Waals surface area contributed by atoms with Gasteiger partial charge in [-0.1, -0.05) is 12.1 Å². The van der Waals surface area contributed by atoms with Gasteiger partial charge < -0.3 is 15.1 Å². The summed E-state index contributed by atoms with van der Waals surface area (Å²) in [6, 6.07) is 7.61. The Morgan fingerprint density at radius 1 is 0.960 bits per heavy atom. The standard InChI is InChI=1S/C19H26N4O2/c24-18(22-9-4-1-5-10-22)16-6-2-3-7-17(16)20-19(25)23-13-12-21-11-8-15(23)14-21/h2-3,6-7,15H,1,4-5,8-14H2,(H,20,25). The van der Waals surface area contributed by atoms with Crippen LogP contribution in [0.4, 0.5) is 10.5 Å². The number of nitrogens with one attached hydrogen (secondary N) is 1. The smallest absolute Gasteiger partial charge is 0.322 e. The molecule has 25 heavy (non-hydrogen) atoms. The second kappa shape index (κ2) is 7.04. The minimum atomic E-state index is -0.0783. The number of anilines is 1. The Morgan fingerprint density at radius 2 is 1.76 bits per heavy atom. The van der Waals surface area contributed by atoms with Gasteiger partial charge in [-0.25, -0.2) is 4.79 Å². The molecule has 0 saturated carbocycles. The molecule has 3 fully saturated rings. The van der Waals surface area contributed by atoms with E-state index in [-0.39, 0.29) is 11.9 Å². The summed E-state index contributed by atoms with van der Waals surface area (Å²) in [4.78, 5) is 31.9. The quantitative estimate of drug-likeness (QED) is 0.897. The van der Waals surface area contributed by atoms with Crippen LogP contribution in [0.1, 0.15) is 36.0 Å². The van der Waals surface area contributed by atoms with Gasteiger partial charge in [0.05, 0.1) is 11.3 Å². The Bertz CT molecular complexity index is 657. The van der Waals surface area contributed by atoms with Crippen molar-refractivity contribution >= 4 is 17.6 Å². The molecule has 0 aromatic heterocycles. The molecule has 3 heterocycles. The fraction of sp³-hybridized carbons (Fsp3) is 0.579. The number of para-hydroxylation sites is 1. The van der Waals surface area contributed by atoms with Crippen LogP contribution >= 0.6 is 0 Å². The number of amides is 3. The van der Waals surface area contributed by atoms with Gasteiger partial charge >= 0.3 is 6.03 Å². The second-order valence-electron chi connectivity index (χ2n) is 7.27. The van der Waals surface area contributed by atoms with Crippen molar-refractivity contribution in [1.29, 1.82) is 0 Å². The molecular formula is C19H26N4O2. The Balaban J connectivity index is 1.48. The van der Waals surface area contributed by atoms with Gasteiger partial charge in [-0.3, -0.25) is 9.69 Å². The number of piperidine rings is 1. The summed E-state index contributed by atoms with van der Waals surface area (Å²) in [6.45, 7) is 5.38. The lowest BCUT2D eigenvalue weighted by molar-refractivity contribution is 0.0725. The Kier molecular flexibility index (Phi) is 4.61. The molecular weight excluding hydrogens is 316 g/mol. The molecule has 0 aliphatic carbocycles. The lowest BCUT2D eigenvalue weighted by atomic mass is 10.1. The van der Waals surface area contributed by atoms with Gasteiger partial charge in [0.25, 0.3) is 5.91 Å². The van der Waals surface area contributed by atoms with Crippen LogP contribution in [0.2, 0.25) is 0 Å². The van der Waals surface area contributed by atoms with Crippen molar-refractivity contribution in [2.24, 2.45) is 0 Å². The number of rotatable bonds is 2. The molecule has 3 aliphatic rings. The first-order valence-electron chi connectivity index (χ1n) is 9.40. The van der Waals surface area contributed by atoms with Crippen LogP contribution in [-0.4, -0.2) is 71.9 Å². The number of carbonyl (C=O) groups is 2. The minimum absolute atomic E-state index is 0.0290. The summed E-state index contributed by atoms with van der Waals surface area (Å²) >= 11 is 0. The zero-order chi connectivity index (χ0) is 17.2. The van der Waals surface area contributed by atoms with Crippen molar-refractivity contribution in [3.05, 3.63) is 29.8 Å². The predicted octanol–water partition coefficient (Wildman–Crippen LogP) is 2.23. The van der Waals surface area contributed by atoms with Gasteiger partial charge in [0.2, 0.25) is 0 Å². The highest BCUT2D eigenvalue weighted by Crippen LogP contribution is 2.24. The lowest BCUT2D eigenvalue weighted by Gasteiger charge is -2.34. The number of piperazine rings is 1. The van der Waals surface area contributed by atoms with Crippen LogP contribution in [0.25, 0.3) is 0 Å². The fourth-order valence-corrected chi connectivity index (χ4v) is 4.20. The molecule has 0 spiro atoms. The molecule has 1 aromatic carbocycles. The topological polar surface area (TPSA) is 55.9 Å². The largest absolute Gasteiger partial charge is 0.339 e. The molecule has 6 heteroatoms. The number of benzene rings is 1. The normalized spacial score (nSPS) is 25.8. The third-order valence-corrected chi connectivity index (χ3v) is 5.65. The van der Waals surface area contributed by atoms with Crippen molar-refractivity contribution in [3.8, 4) is 0 Å². The molecule has 1 aromatic rings. The molecule has 3 amide bonds. The van der Waals surface area contributed by atoms with E-state index in [2.05, 4.69) is 10.2 Å². The zero-order valence-electron chi connectivity index (χ0n) is 14.6. The first-order valence-corrected chi connectivity index (χ1v) is 9.40. The molecule has 2 bridgehead atoms. The van der Waals surface area contributed by atoms with E-state index >= 15 is 0 Å². The van der Waals surface area contributed by atoms with Crippen molar-refractivity contribution in [2.75, 3.05) is 44.6 Å². The van der Waals surface area contributed by atoms with Crippen molar-refractivity contribution in [1.82, 2.24) is 14.7 Å². The van der Waals surface area contributed by atoms with Crippen molar-refractivity contribution in [3.63, 3.8) is 0 Å². The fourth-order valence-electron chi connectivity index (χ4n) is 4.20. The third kappa shape index (κ3) is 3.35. The summed E-state index contributed by atoms with van der Waals surface area (Å²) in [6.07, 6.45) is 4.36. The van der Waals surface area contributed by atoms with E-state index in [0.29, 0.717) is 17.3 Å². The Morgan fingerprint density at radius 3 is 2.60 bits per heavy atom. The Hall–Kier alpha value is -2.08. The van der Waals surface area contributed by atoms with Gasteiger partial charge in [0, 0.05) is 45.3 Å². The summed E-state index contributed by atoms with van der Waals surface area (Å²) < 4.78 is 0. The summed E-state index contributed by atoms with van der Waals surface area (Å²) in [7, 11) is 0. The summed E-state index contributed by atoms with van der Waals surface area (Å²) in [5, 5.41) is 3.00. The number of urea groups is 1. The van der Waals surface area contributed by atoms with Gasteiger partial charge in [0.15, 0.2) is 0 Å². The average molecular weight is 342 g/mol. The third-order valence-electron chi connectivity index (χ3n) is 5.65. The number of likely N-dealkylation sites (tertiary alicyclic amines) is 1. The second-order valence-corrected chi connectivity index (χ2v) is 7.27. The van der Waals surface area contributed by atoms with Crippen LogP contribution in [-0.2, 0) is 0 Å². The van der Waals surface area contributed by atoms with E-state index in [1.165, 1.54) is 6.42 Å². The van der Waals surface area contributed by atoms with Crippen LogP contribution in [0.5, 0.6) is 0 Å². The number of carbonyl (C=O) groups excluding carboxylic acids is 2. The van der Waals surface area contributed by atoms with E-state index in [1.54, 1.807) is 0 Å². The molecule has 4 rings (SSSR count). The SMILES string of the molecule is O=C(c1ccccc1NC(=O)N1CCN2CCC1C2)N1CCCCC1. The molecule has 3 saturated heterocycles. The van der Waals surface area contributed by atoms with Crippen LogP contribution in [0.3, 0.4) is 0 Å². The monoisotopic (exact) mass is 342 g/mol. The van der Waals surface area contributed by atoms with Crippen LogP contribution < -0.4 is 5.32 Å². The van der Waals surface area contributed by atoms with Crippen molar-refractivity contribution < 1.29 is 9.59 Å². The van der Waals surface area contributed by atoms with E-state index < -0.39 is 0 Å². The zero-order valence-corrected chi connectivity index (χ0v) is 14.6. The van der Waals surface area contributed by atoms with E-state index in [0.717, 1.165) is 58.5 Å². The maximum Gasteiger partial charge on any atom is 0.322 e. The number of hydrogen-bond donors (Lipinski definition) is 1. The number of fused-ring (bicyclic) bond motifs is 2. The van der Waals surface area contributed by atoms with E-state index in [1.807, 2.05) is 34.1 Å². The van der Waals surface area contributed by atoms with Gasteiger partial charge in [-0.15, -0.1) is 0 Å². The highest BCUT2D eigenvalue weighted by Gasteiger charge is 2.35. The molecule has 1 N–H and O–H groups in total. The Labute approximate surface area is 148 Å².